The van der Waals surface area contributed by atoms with Crippen molar-refractivity contribution in [3.05, 3.63) is 67.3 Å². The molecule has 1 aliphatic heterocycles. The maximum atomic E-state index is 11.7. The Hall–Kier alpha value is -3.20. The number of nitrogens with zero attached hydrogens (tertiary/aromatic N) is 3. The van der Waals surface area contributed by atoms with Crippen molar-refractivity contribution in [1.29, 1.82) is 0 Å². The summed E-state index contributed by atoms with van der Waals surface area (Å²) in [6, 6.07) is 9.47. The fourth-order valence-electron chi connectivity index (χ4n) is 3.85. The average Bonchev–Trinajstić information content (AvgIpc) is 2.67. The second-order valence-corrected chi connectivity index (χ2v) is 7.32. The van der Waals surface area contributed by atoms with Crippen LogP contribution in [0.1, 0.15) is 29.5 Å². The lowest BCUT2D eigenvalue weighted by Gasteiger charge is -2.34. The molecular formula is C20H24N4O5. The van der Waals surface area contributed by atoms with Gasteiger partial charge in [-0.1, -0.05) is 12.1 Å². The van der Waals surface area contributed by atoms with Gasteiger partial charge in [0.25, 0.3) is 5.69 Å². The first kappa shape index (κ1) is 20.5. The first-order valence-corrected chi connectivity index (χ1v) is 9.46. The number of piperidine rings is 1. The first-order valence-electron chi connectivity index (χ1n) is 9.46. The third-order valence-corrected chi connectivity index (χ3v) is 5.36. The van der Waals surface area contributed by atoms with Crippen molar-refractivity contribution in [2.45, 2.75) is 39.3 Å². The predicted molar refractivity (Wildman–Crippen MR) is 110 cm³/mol. The fourth-order valence-corrected chi connectivity index (χ4v) is 3.85. The highest BCUT2D eigenvalue weighted by atomic mass is 16.6. The van der Waals surface area contributed by atoms with Crippen LogP contribution in [0.15, 0.2) is 30.3 Å². The molecule has 2 aromatic carbocycles. The summed E-state index contributed by atoms with van der Waals surface area (Å²) in [4.78, 5) is 23.9. The maximum absolute atomic E-state index is 11.7. The van der Waals surface area contributed by atoms with Crippen molar-refractivity contribution in [2.24, 2.45) is 0 Å². The summed E-state index contributed by atoms with van der Waals surface area (Å²) in [5, 5.41) is 36.3. The van der Waals surface area contributed by atoms with Gasteiger partial charge in [0.05, 0.1) is 16.5 Å². The quantitative estimate of drug-likeness (QED) is 0.560. The summed E-state index contributed by atoms with van der Waals surface area (Å²) in [5.74, 6) is 0. The molecule has 0 atom stereocenters. The number of nitro groups is 2. The van der Waals surface area contributed by atoms with E-state index in [0.29, 0.717) is 25.9 Å². The topological polar surface area (TPSA) is 122 Å². The lowest BCUT2D eigenvalue weighted by Crippen LogP contribution is -2.39. The molecule has 3 rings (SSSR count). The molecule has 0 spiro atoms. The molecule has 0 aromatic heterocycles. The third-order valence-electron chi connectivity index (χ3n) is 5.36. The minimum Gasteiger partial charge on any atom is -0.392 e. The number of nitro benzene ring substituents is 2. The lowest BCUT2D eigenvalue weighted by molar-refractivity contribution is -0.393. The molecule has 154 valence electrons. The molecule has 0 aliphatic carbocycles. The van der Waals surface area contributed by atoms with E-state index >= 15 is 0 Å². The SMILES string of the molecule is Cc1cccc(NC2CCN(c3c([N+](=O)[O-])cc(CO)c(C)c3[N+](=O)[O-])CC2)c1. The Bertz CT molecular complexity index is 939. The van der Waals surface area contributed by atoms with Crippen molar-refractivity contribution in [3.63, 3.8) is 0 Å². The molecule has 2 aromatic rings. The number of hydrogen-bond acceptors (Lipinski definition) is 7. The van der Waals surface area contributed by atoms with E-state index in [2.05, 4.69) is 11.4 Å². The van der Waals surface area contributed by atoms with Gasteiger partial charge < -0.3 is 15.3 Å². The molecule has 0 saturated carbocycles. The summed E-state index contributed by atoms with van der Waals surface area (Å²) in [6.07, 6.45) is 1.39. The molecule has 1 aliphatic rings. The van der Waals surface area contributed by atoms with Crippen LogP contribution in [0.4, 0.5) is 22.7 Å². The van der Waals surface area contributed by atoms with E-state index < -0.39 is 16.5 Å². The number of aliphatic hydroxyl groups is 1. The Labute approximate surface area is 168 Å². The molecular weight excluding hydrogens is 376 g/mol. The van der Waals surface area contributed by atoms with E-state index in [1.54, 1.807) is 4.90 Å². The summed E-state index contributed by atoms with van der Waals surface area (Å²) < 4.78 is 0. The van der Waals surface area contributed by atoms with Crippen molar-refractivity contribution < 1.29 is 15.0 Å². The zero-order chi connectivity index (χ0) is 21.1. The summed E-state index contributed by atoms with van der Waals surface area (Å²) in [6.45, 7) is 3.97. The molecule has 1 saturated heterocycles. The standard InChI is InChI=1S/C20H24N4O5/c1-13-4-3-5-17(10-13)21-16-6-8-22(9-7-16)20-18(23(26)27)11-15(12-25)14(2)19(20)24(28)29/h3-5,10-11,16,21,25H,6-9,12H2,1-2H3. The van der Waals surface area contributed by atoms with Gasteiger partial charge >= 0.3 is 5.69 Å². The number of anilines is 2. The Morgan fingerprint density at radius 2 is 1.83 bits per heavy atom. The monoisotopic (exact) mass is 400 g/mol. The van der Waals surface area contributed by atoms with Crippen molar-refractivity contribution in [2.75, 3.05) is 23.3 Å². The minimum absolute atomic E-state index is 0.0312. The van der Waals surface area contributed by atoms with E-state index in [9.17, 15) is 25.3 Å². The molecule has 0 bridgehead atoms. The molecule has 0 unspecified atom stereocenters. The van der Waals surface area contributed by atoms with Crippen molar-refractivity contribution in [3.8, 4) is 0 Å². The van der Waals surface area contributed by atoms with E-state index in [4.69, 9.17) is 0 Å². The van der Waals surface area contributed by atoms with Crippen LogP contribution in [-0.2, 0) is 6.61 Å². The Morgan fingerprint density at radius 1 is 1.14 bits per heavy atom. The van der Waals surface area contributed by atoms with Crippen molar-refractivity contribution in [1.82, 2.24) is 0 Å². The molecule has 9 heteroatoms. The number of aliphatic hydroxyl groups excluding tert-OH is 1. The zero-order valence-corrected chi connectivity index (χ0v) is 16.4. The van der Waals surface area contributed by atoms with Gasteiger partial charge in [0.15, 0.2) is 5.69 Å². The van der Waals surface area contributed by atoms with Crippen LogP contribution < -0.4 is 10.2 Å². The molecule has 0 radical (unpaired) electrons. The number of hydrogen-bond donors (Lipinski definition) is 2. The van der Waals surface area contributed by atoms with Crippen LogP contribution in [0.25, 0.3) is 0 Å². The highest BCUT2D eigenvalue weighted by Crippen LogP contribution is 2.42. The molecule has 9 nitrogen and oxygen atoms in total. The van der Waals surface area contributed by atoms with Gasteiger partial charge in [-0.15, -0.1) is 0 Å². The Kier molecular flexibility index (Phi) is 5.97. The summed E-state index contributed by atoms with van der Waals surface area (Å²) in [5.41, 5.74) is 2.02. The van der Waals surface area contributed by atoms with Gasteiger partial charge in [0.1, 0.15) is 0 Å². The van der Waals surface area contributed by atoms with E-state index in [-0.39, 0.29) is 34.2 Å². The van der Waals surface area contributed by atoms with Crippen LogP contribution >= 0.6 is 0 Å². The van der Waals surface area contributed by atoms with Gasteiger partial charge in [-0.3, -0.25) is 20.2 Å². The Balaban J connectivity index is 1.87. The van der Waals surface area contributed by atoms with Gasteiger partial charge in [-0.2, -0.15) is 0 Å². The van der Waals surface area contributed by atoms with Crippen LogP contribution in [-0.4, -0.2) is 34.1 Å². The average molecular weight is 400 g/mol. The van der Waals surface area contributed by atoms with Crippen molar-refractivity contribution >= 4 is 22.7 Å². The summed E-state index contributed by atoms with van der Waals surface area (Å²) in [7, 11) is 0. The fraction of sp³-hybridized carbons (Fsp3) is 0.400. The lowest BCUT2D eigenvalue weighted by atomic mass is 9.99. The van der Waals surface area contributed by atoms with Gasteiger partial charge in [0, 0.05) is 36.4 Å². The smallest absolute Gasteiger partial charge is 0.302 e. The number of benzene rings is 2. The minimum atomic E-state index is -0.613. The van der Waals surface area contributed by atoms with Crippen LogP contribution in [0, 0.1) is 34.1 Å². The molecule has 29 heavy (non-hydrogen) atoms. The van der Waals surface area contributed by atoms with Gasteiger partial charge in [-0.05, 0) is 49.9 Å². The predicted octanol–water partition coefficient (Wildman–Crippen LogP) is 3.69. The maximum Gasteiger partial charge on any atom is 0.302 e. The zero-order valence-electron chi connectivity index (χ0n) is 16.4. The molecule has 2 N–H and O–H groups in total. The third kappa shape index (κ3) is 4.29. The second kappa shape index (κ2) is 8.44. The van der Waals surface area contributed by atoms with Crippen LogP contribution in [0.3, 0.4) is 0 Å². The molecule has 1 heterocycles. The van der Waals surface area contributed by atoms with E-state index in [1.165, 1.54) is 13.0 Å². The number of rotatable bonds is 6. The molecule has 0 amide bonds. The summed E-state index contributed by atoms with van der Waals surface area (Å²) >= 11 is 0. The number of nitrogens with one attached hydrogen (secondary N) is 1. The van der Waals surface area contributed by atoms with Gasteiger partial charge in [0.2, 0.25) is 0 Å². The Morgan fingerprint density at radius 3 is 2.38 bits per heavy atom. The number of aryl methyl sites for hydroxylation is 1. The van der Waals surface area contributed by atoms with Crippen LogP contribution in [0.5, 0.6) is 0 Å². The highest BCUT2D eigenvalue weighted by Gasteiger charge is 2.35. The highest BCUT2D eigenvalue weighted by molar-refractivity contribution is 5.79. The van der Waals surface area contributed by atoms with E-state index in [0.717, 1.165) is 11.3 Å². The molecule has 1 fully saturated rings. The van der Waals surface area contributed by atoms with E-state index in [1.807, 2.05) is 25.1 Å². The first-order chi connectivity index (χ1) is 13.8. The second-order valence-electron chi connectivity index (χ2n) is 7.32. The van der Waals surface area contributed by atoms with Crippen LogP contribution in [0.2, 0.25) is 0 Å². The largest absolute Gasteiger partial charge is 0.392 e. The van der Waals surface area contributed by atoms with Gasteiger partial charge in [-0.25, -0.2) is 0 Å². The normalized spacial score (nSPS) is 14.7.